The summed E-state index contributed by atoms with van der Waals surface area (Å²) in [5.74, 6) is -1.46. The van der Waals surface area contributed by atoms with Crippen molar-refractivity contribution in [3.63, 3.8) is 0 Å². The molecule has 0 heterocycles. The molecule has 0 aromatic heterocycles. The van der Waals surface area contributed by atoms with Crippen molar-refractivity contribution >= 4 is 51.8 Å². The first-order chi connectivity index (χ1) is 3.64. The molecule has 0 aliphatic carbocycles. The van der Waals surface area contributed by atoms with Crippen LogP contribution in [0, 0.1) is 4.93 Å². The third-order valence-electron chi connectivity index (χ3n) is 0.178. The van der Waals surface area contributed by atoms with E-state index in [2.05, 4.69) is 4.93 Å². The fourth-order valence-electron chi connectivity index (χ4n) is 0. The van der Waals surface area contributed by atoms with E-state index in [1.165, 1.54) is 0 Å². The number of alkyl halides is 2. The van der Waals surface area contributed by atoms with Crippen LogP contribution in [0.25, 0.3) is 0 Å². The number of hydrogen-bond donors (Lipinski definition) is 0. The number of rotatable bonds is 1. The Bertz CT molecular complexity index is 70.8. The van der Waals surface area contributed by atoms with Gasteiger partial charge in [0, 0.05) is 24.4 Å². The summed E-state index contributed by atoms with van der Waals surface area (Å²) in [4.78, 5) is 11.1. The van der Waals surface area contributed by atoms with Crippen molar-refractivity contribution in [2.75, 3.05) is 0 Å². The fourth-order valence-corrected chi connectivity index (χ4v) is 0. The van der Waals surface area contributed by atoms with Crippen LogP contribution < -0.4 is 5.11 Å². The minimum absolute atomic E-state index is 0. The van der Waals surface area contributed by atoms with Gasteiger partial charge in [0.15, 0.2) is 0 Å². The summed E-state index contributed by atoms with van der Waals surface area (Å²) in [7, 11) is 0. The maximum absolute atomic E-state index is 9.32. The molecule has 6 heteroatoms. The summed E-state index contributed by atoms with van der Waals surface area (Å²) in [5, 5.41) is 9.32. The van der Waals surface area contributed by atoms with E-state index in [9.17, 15) is 9.90 Å². The molecule has 0 bridgehead atoms. The zero-order valence-electron chi connectivity index (χ0n) is 4.44. The molecule has 0 N–H and O–H groups in total. The van der Waals surface area contributed by atoms with Gasteiger partial charge in [0.2, 0.25) is 0 Å². The van der Waals surface area contributed by atoms with Crippen LogP contribution in [0.4, 0.5) is 0 Å². The molecule has 0 saturated heterocycles. The molecule has 0 unspecified atom stereocenters. The van der Waals surface area contributed by atoms with E-state index in [-0.39, 0.29) is 19.5 Å². The molecule has 0 rings (SSSR count). The van der Waals surface area contributed by atoms with Gasteiger partial charge in [-0.3, -0.25) is 0 Å². The minimum Gasteiger partial charge on any atom is -0.547 e. The summed E-state index contributed by atoms with van der Waals surface area (Å²) < 4.78 is 0. The average molecular weight is 334 g/mol. The average Bonchev–Trinajstić information content (AvgIpc) is 1.72. The third kappa shape index (κ3) is 17.7. The second kappa shape index (κ2) is 12.1. The van der Waals surface area contributed by atoms with E-state index >= 15 is 0 Å². The van der Waals surface area contributed by atoms with Crippen LogP contribution in [0.5, 0.6) is 0 Å². The van der Waals surface area contributed by atoms with Gasteiger partial charge in [0.25, 0.3) is 0 Å². The molecule has 0 spiro atoms. The molecule has 0 aliphatic heterocycles. The van der Waals surface area contributed by atoms with Crippen molar-refractivity contribution in [3.05, 3.63) is 4.93 Å². The molecular formula is C3H3Cl2IO2Zn-. The van der Waals surface area contributed by atoms with Gasteiger partial charge < -0.3 is 9.90 Å². The summed E-state index contributed by atoms with van der Waals surface area (Å²) >= 11 is 11.3. The predicted molar refractivity (Wildman–Crippen MR) is 39.9 cm³/mol. The van der Waals surface area contributed by atoms with Gasteiger partial charge in [-0.1, -0.05) is 45.8 Å². The Morgan fingerprint density at radius 1 is 1.56 bits per heavy atom. The molecule has 1 radical (unpaired) electrons. The zero-order chi connectivity index (χ0) is 7.15. The van der Waals surface area contributed by atoms with Crippen molar-refractivity contribution in [1.29, 1.82) is 0 Å². The SMILES string of the molecule is O=C([O-])C(Cl)Cl.[CH2]I.[Zn]. The molecule has 2 nitrogen and oxygen atoms in total. The number of aliphatic carboxylic acids is 1. The van der Waals surface area contributed by atoms with Crippen LogP contribution >= 0.6 is 45.8 Å². The zero-order valence-corrected chi connectivity index (χ0v) is 11.1. The van der Waals surface area contributed by atoms with Crippen molar-refractivity contribution in [2.24, 2.45) is 0 Å². The van der Waals surface area contributed by atoms with Gasteiger partial charge in [0.05, 0.1) is 5.97 Å². The summed E-state index contributed by atoms with van der Waals surface area (Å²) in [6.45, 7) is 0. The molecule has 0 aliphatic rings. The van der Waals surface area contributed by atoms with Gasteiger partial charge in [0.1, 0.15) is 4.84 Å². The number of hydrogen-bond acceptors (Lipinski definition) is 2. The first-order valence-electron chi connectivity index (χ1n) is 1.40. The number of halogens is 3. The monoisotopic (exact) mass is 332 g/mol. The van der Waals surface area contributed by atoms with E-state index in [1.807, 2.05) is 22.6 Å². The number of carbonyl (C=O) groups excluding carboxylic acids is 1. The molecule has 9 heavy (non-hydrogen) atoms. The maximum atomic E-state index is 9.32. The van der Waals surface area contributed by atoms with E-state index in [0.717, 1.165) is 0 Å². The second-order valence-electron chi connectivity index (χ2n) is 0.620. The Morgan fingerprint density at radius 3 is 1.67 bits per heavy atom. The van der Waals surface area contributed by atoms with Crippen molar-refractivity contribution in [2.45, 2.75) is 4.84 Å². The van der Waals surface area contributed by atoms with Gasteiger partial charge in [-0.15, -0.1) is 0 Å². The van der Waals surface area contributed by atoms with Gasteiger partial charge in [-0.05, 0) is 0 Å². The fraction of sp³-hybridized carbons (Fsp3) is 0.333. The summed E-state index contributed by atoms with van der Waals surface area (Å²) in [5.41, 5.74) is 0. The Kier molecular flexibility index (Phi) is 22.6. The summed E-state index contributed by atoms with van der Waals surface area (Å²) in [6.07, 6.45) is 0. The number of carbonyl (C=O) groups is 1. The molecule has 51 valence electrons. The Hall–Kier alpha value is 1.40. The van der Waals surface area contributed by atoms with E-state index < -0.39 is 10.8 Å². The molecule has 0 amide bonds. The molecule has 0 atom stereocenters. The van der Waals surface area contributed by atoms with Crippen LogP contribution in [0.2, 0.25) is 0 Å². The van der Waals surface area contributed by atoms with E-state index in [4.69, 9.17) is 23.2 Å². The Balaban J connectivity index is -0.000000109. The van der Waals surface area contributed by atoms with Crippen molar-refractivity contribution < 1.29 is 29.4 Å². The predicted octanol–water partition coefficient (Wildman–Crippen LogP) is 0.750. The van der Waals surface area contributed by atoms with Gasteiger partial charge in [-0.25, -0.2) is 0 Å². The molecule has 0 saturated carbocycles. The van der Waals surface area contributed by atoms with Crippen LogP contribution in [0.1, 0.15) is 0 Å². The van der Waals surface area contributed by atoms with Crippen LogP contribution in [0.15, 0.2) is 0 Å². The number of carboxylic acid groups (broad SMARTS) is 1. The number of carboxylic acids is 1. The third-order valence-corrected chi connectivity index (χ3v) is 0.535. The Labute approximate surface area is 90.2 Å². The maximum Gasteiger partial charge on any atom is 0.146 e. The first kappa shape index (κ1) is 16.8. The van der Waals surface area contributed by atoms with Crippen molar-refractivity contribution in [1.82, 2.24) is 0 Å². The van der Waals surface area contributed by atoms with Crippen LogP contribution in [-0.4, -0.2) is 10.8 Å². The van der Waals surface area contributed by atoms with E-state index in [1.54, 1.807) is 0 Å². The van der Waals surface area contributed by atoms with Gasteiger partial charge >= 0.3 is 0 Å². The van der Waals surface area contributed by atoms with Crippen LogP contribution in [0.3, 0.4) is 0 Å². The minimum atomic E-state index is -1.46. The molecule has 0 aromatic carbocycles. The van der Waals surface area contributed by atoms with Crippen molar-refractivity contribution in [3.8, 4) is 0 Å². The molecule has 0 aromatic rings. The van der Waals surface area contributed by atoms with E-state index in [0.29, 0.717) is 0 Å². The topological polar surface area (TPSA) is 40.1 Å². The largest absolute Gasteiger partial charge is 0.547 e. The normalized spacial score (nSPS) is 6.78. The Morgan fingerprint density at radius 2 is 1.67 bits per heavy atom. The van der Waals surface area contributed by atoms with Crippen LogP contribution in [-0.2, 0) is 24.3 Å². The standard InChI is InChI=1S/C2H2Cl2O2.CH2I.Zn/c3-1(4)2(5)6;1-2;/h1H,(H,5,6);1H2;/p-1. The second-order valence-corrected chi connectivity index (χ2v) is 1.72. The summed E-state index contributed by atoms with van der Waals surface area (Å²) in [6, 6.07) is 0. The molecular weight excluding hydrogens is 331 g/mol. The quantitative estimate of drug-likeness (QED) is 0.403. The smallest absolute Gasteiger partial charge is 0.146 e. The van der Waals surface area contributed by atoms with Gasteiger partial charge in [-0.2, -0.15) is 0 Å². The first-order valence-corrected chi connectivity index (χ1v) is 3.80. The molecule has 0 fully saturated rings.